The molecule has 220 valence electrons. The second-order valence-corrected chi connectivity index (χ2v) is 11.5. The highest BCUT2D eigenvalue weighted by molar-refractivity contribution is 5.97. The number of halogens is 1. The van der Waals surface area contributed by atoms with Gasteiger partial charge < -0.3 is 20.3 Å². The third-order valence-electron chi connectivity index (χ3n) is 8.08. The number of amides is 1. The van der Waals surface area contributed by atoms with Crippen molar-refractivity contribution < 1.29 is 28.6 Å². The zero-order chi connectivity index (χ0) is 30.4. The molecule has 2 aliphatic rings. The fraction of sp³-hybridized carbons (Fsp3) is 0.303. The summed E-state index contributed by atoms with van der Waals surface area (Å²) in [6.45, 7) is 3.24. The molecule has 3 heterocycles. The molecule has 10 heteroatoms. The highest BCUT2D eigenvalue weighted by Gasteiger charge is 2.45. The molecule has 9 nitrogen and oxygen atoms in total. The maximum absolute atomic E-state index is 13.7. The van der Waals surface area contributed by atoms with Gasteiger partial charge in [0, 0.05) is 41.1 Å². The van der Waals surface area contributed by atoms with Crippen molar-refractivity contribution in [2.45, 2.75) is 56.7 Å². The summed E-state index contributed by atoms with van der Waals surface area (Å²) in [4.78, 5) is 39.1. The Hall–Kier alpha value is -4.70. The quantitative estimate of drug-likeness (QED) is 0.252. The lowest BCUT2D eigenvalue weighted by molar-refractivity contribution is -0.123. The van der Waals surface area contributed by atoms with E-state index in [1.54, 1.807) is 68.8 Å². The summed E-state index contributed by atoms with van der Waals surface area (Å²) in [5, 5.41) is 11.6. The lowest BCUT2D eigenvalue weighted by Gasteiger charge is -2.26. The fourth-order valence-corrected chi connectivity index (χ4v) is 5.11. The molecular weight excluding hydrogens is 551 g/mol. The van der Waals surface area contributed by atoms with Gasteiger partial charge in [-0.05, 0) is 81.6 Å². The number of primary amides is 1. The second kappa shape index (κ2) is 10.9. The second-order valence-electron chi connectivity index (χ2n) is 11.5. The van der Waals surface area contributed by atoms with E-state index in [-0.39, 0.29) is 37.0 Å². The average molecular weight is 583 g/mol. The van der Waals surface area contributed by atoms with Crippen LogP contribution in [0.5, 0.6) is 11.5 Å². The van der Waals surface area contributed by atoms with E-state index in [4.69, 9.17) is 20.2 Å². The van der Waals surface area contributed by atoms with Gasteiger partial charge in [0.25, 0.3) is 0 Å². The van der Waals surface area contributed by atoms with Crippen LogP contribution in [-0.2, 0) is 15.8 Å². The molecule has 0 saturated heterocycles. The number of Topliss-reactive ketones (excluding diaryl/α,β-unsaturated/α-hetero) is 1. The number of carbonyl (C=O) groups is 2. The Kier molecular flexibility index (Phi) is 7.17. The number of rotatable bonds is 10. The number of pyridine rings is 1. The van der Waals surface area contributed by atoms with Gasteiger partial charge in [-0.2, -0.15) is 0 Å². The van der Waals surface area contributed by atoms with E-state index in [1.807, 2.05) is 0 Å². The number of aromatic nitrogens is 3. The molecule has 2 aromatic carbocycles. The smallest absolute Gasteiger partial charge is 0.231 e. The first kappa shape index (κ1) is 28.4. The van der Waals surface area contributed by atoms with Crippen molar-refractivity contribution >= 4 is 11.7 Å². The first-order chi connectivity index (χ1) is 20.5. The average Bonchev–Trinajstić information content (AvgIpc) is 3.76. The summed E-state index contributed by atoms with van der Waals surface area (Å²) in [5.41, 5.74) is 6.37. The summed E-state index contributed by atoms with van der Waals surface area (Å²) >= 11 is 0. The molecule has 0 unspecified atom stereocenters. The number of carbonyl (C=O) groups excluding carboxylic acids is 2. The monoisotopic (exact) mass is 582 g/mol. The first-order valence-electron chi connectivity index (χ1n) is 14.1. The Morgan fingerprint density at radius 2 is 1.93 bits per heavy atom. The van der Waals surface area contributed by atoms with Crippen LogP contribution in [0.2, 0.25) is 0 Å². The minimum Gasteiger partial charge on any atom is -0.490 e. The number of ether oxygens (including phenoxy) is 2. The maximum Gasteiger partial charge on any atom is 0.231 e. The molecule has 2 aromatic heterocycles. The Bertz CT molecular complexity index is 1710. The third-order valence-corrected chi connectivity index (χ3v) is 8.08. The molecule has 4 aromatic rings. The molecule has 0 spiro atoms. The van der Waals surface area contributed by atoms with E-state index >= 15 is 0 Å². The van der Waals surface area contributed by atoms with Gasteiger partial charge in [-0.25, -0.2) is 9.37 Å². The number of ketones is 1. The lowest BCUT2D eigenvalue weighted by Crippen LogP contribution is -2.40. The first-order valence-corrected chi connectivity index (χ1v) is 14.1. The Morgan fingerprint density at radius 3 is 2.60 bits per heavy atom. The van der Waals surface area contributed by atoms with E-state index in [0.717, 1.165) is 12.8 Å². The van der Waals surface area contributed by atoms with Crippen LogP contribution in [0.4, 0.5) is 4.39 Å². The fourth-order valence-electron chi connectivity index (χ4n) is 5.11. The van der Waals surface area contributed by atoms with Crippen LogP contribution >= 0.6 is 0 Å². The van der Waals surface area contributed by atoms with Crippen LogP contribution < -0.4 is 15.2 Å². The molecule has 1 saturated carbocycles. The normalized spacial score (nSPS) is 18.8. The van der Waals surface area contributed by atoms with Crippen LogP contribution in [0, 0.1) is 5.82 Å². The number of aliphatic hydroxyl groups is 1. The summed E-state index contributed by atoms with van der Waals surface area (Å²) in [5.74, 6) is -0.194. The van der Waals surface area contributed by atoms with Crippen LogP contribution in [0.1, 0.15) is 61.1 Å². The summed E-state index contributed by atoms with van der Waals surface area (Å²) in [6, 6.07) is 12.5. The van der Waals surface area contributed by atoms with Crippen molar-refractivity contribution in [3.05, 3.63) is 89.8 Å². The van der Waals surface area contributed by atoms with Crippen LogP contribution in [0.15, 0.2) is 67.1 Å². The van der Waals surface area contributed by atoms with Gasteiger partial charge in [-0.3, -0.25) is 19.6 Å². The van der Waals surface area contributed by atoms with Crippen molar-refractivity contribution in [2.24, 2.45) is 5.73 Å². The molecule has 6 rings (SSSR count). The number of nitrogens with two attached hydrogens (primary N) is 1. The van der Waals surface area contributed by atoms with E-state index in [0.29, 0.717) is 45.1 Å². The third kappa shape index (κ3) is 5.58. The summed E-state index contributed by atoms with van der Waals surface area (Å²) in [6.07, 6.45) is 6.96. The number of hydrogen-bond acceptors (Lipinski definition) is 8. The maximum atomic E-state index is 13.7. The molecule has 1 fully saturated rings. The molecule has 1 aliphatic heterocycles. The largest absolute Gasteiger partial charge is 0.490 e. The molecule has 0 bridgehead atoms. The van der Waals surface area contributed by atoms with Gasteiger partial charge in [0.15, 0.2) is 5.78 Å². The number of hydrogen-bond donors (Lipinski definition) is 2. The van der Waals surface area contributed by atoms with Gasteiger partial charge in [0.2, 0.25) is 5.91 Å². The standard InChI is InChI=1S/C33H31FN4O5/c1-32(31(35)40)18-42-30-24(32)16-28(38-29(30)19-3-6-21(34)7-4-19)33(2,41)12-11-26(39)20-5-10-27(43-22-8-9-22)23(15-20)25-17-36-13-14-37-25/h3-7,10,13-17,22,41H,8-9,11-12,18H2,1-2H3,(H2,35,40)/t32-,33-/m0/s1. The number of fused-ring (bicyclic) bond motifs is 1. The molecular formula is C33H31FN4O5. The van der Waals surface area contributed by atoms with E-state index in [1.165, 1.54) is 12.1 Å². The highest BCUT2D eigenvalue weighted by atomic mass is 19.1. The minimum absolute atomic E-state index is 0.00394. The van der Waals surface area contributed by atoms with Gasteiger partial charge in [0.1, 0.15) is 40.6 Å². The molecule has 2 atom stereocenters. The van der Waals surface area contributed by atoms with Crippen LogP contribution in [0.25, 0.3) is 22.5 Å². The lowest BCUT2D eigenvalue weighted by atomic mass is 9.81. The Balaban J connectivity index is 1.30. The Morgan fingerprint density at radius 1 is 1.16 bits per heavy atom. The van der Waals surface area contributed by atoms with Gasteiger partial charge in [-0.1, -0.05) is 0 Å². The van der Waals surface area contributed by atoms with E-state index in [9.17, 15) is 19.1 Å². The Labute approximate surface area is 247 Å². The van der Waals surface area contributed by atoms with Crippen molar-refractivity contribution in [3.8, 4) is 34.0 Å². The molecule has 1 amide bonds. The van der Waals surface area contributed by atoms with E-state index < -0.39 is 22.7 Å². The van der Waals surface area contributed by atoms with Crippen LogP contribution in [-0.4, -0.2) is 44.5 Å². The van der Waals surface area contributed by atoms with Gasteiger partial charge in [-0.15, -0.1) is 0 Å². The number of benzene rings is 2. The van der Waals surface area contributed by atoms with Crippen molar-refractivity contribution in [1.82, 2.24) is 15.0 Å². The molecule has 1 aliphatic carbocycles. The molecule has 43 heavy (non-hydrogen) atoms. The van der Waals surface area contributed by atoms with Crippen LogP contribution in [0.3, 0.4) is 0 Å². The van der Waals surface area contributed by atoms with Gasteiger partial charge in [0.05, 0.1) is 23.7 Å². The van der Waals surface area contributed by atoms with Crippen molar-refractivity contribution in [1.29, 1.82) is 0 Å². The summed E-state index contributed by atoms with van der Waals surface area (Å²) < 4.78 is 25.6. The molecule has 0 radical (unpaired) electrons. The van der Waals surface area contributed by atoms with Crippen molar-refractivity contribution in [3.63, 3.8) is 0 Å². The minimum atomic E-state index is -1.57. The van der Waals surface area contributed by atoms with Gasteiger partial charge >= 0.3 is 0 Å². The predicted molar refractivity (Wildman–Crippen MR) is 156 cm³/mol. The highest BCUT2D eigenvalue weighted by Crippen LogP contribution is 2.46. The van der Waals surface area contributed by atoms with E-state index in [2.05, 4.69) is 9.97 Å². The SMILES string of the molecule is C[C@](O)(CCC(=O)c1ccc(OC2CC2)c(-c2cnccn2)c1)c1cc2c(c(-c3ccc(F)cc3)n1)OC[C@]2(C)C(N)=O. The summed E-state index contributed by atoms with van der Waals surface area (Å²) in [7, 11) is 0. The van der Waals surface area contributed by atoms with Crippen molar-refractivity contribution in [2.75, 3.05) is 6.61 Å². The molecule has 3 N–H and O–H groups in total. The zero-order valence-corrected chi connectivity index (χ0v) is 23.8. The topological polar surface area (TPSA) is 138 Å². The predicted octanol–water partition coefficient (Wildman–Crippen LogP) is 4.89. The number of nitrogens with zero attached hydrogens (tertiary/aromatic N) is 3. The zero-order valence-electron chi connectivity index (χ0n) is 23.8.